The second-order valence-corrected chi connectivity index (χ2v) is 7.29. The fraction of sp³-hybridized carbons (Fsp3) is 0.667. The minimum absolute atomic E-state index is 0. The number of benzene rings is 1. The molecule has 1 aliphatic carbocycles. The third kappa shape index (κ3) is 7.31. The lowest BCUT2D eigenvalue weighted by Crippen LogP contribution is -2.39. The van der Waals surface area contributed by atoms with Crippen LogP contribution in [-0.4, -0.2) is 51.5 Å². The van der Waals surface area contributed by atoms with Gasteiger partial charge in [-0.25, -0.2) is 0 Å². The Morgan fingerprint density at radius 2 is 1.96 bits per heavy atom. The minimum Gasteiger partial charge on any atom is -0.504 e. The molecule has 0 unspecified atom stereocenters. The molecule has 0 spiro atoms. The van der Waals surface area contributed by atoms with Crippen LogP contribution in [0.1, 0.15) is 44.6 Å². The molecule has 0 amide bonds. The zero-order chi connectivity index (χ0) is 19.5. The van der Waals surface area contributed by atoms with Crippen LogP contribution in [0.15, 0.2) is 23.2 Å². The molecule has 0 aliphatic heterocycles. The Morgan fingerprint density at radius 3 is 2.61 bits per heavy atom. The van der Waals surface area contributed by atoms with Crippen molar-refractivity contribution in [2.75, 3.05) is 40.5 Å². The molecule has 0 heterocycles. The highest BCUT2D eigenvalue weighted by Gasteiger charge is 2.33. The van der Waals surface area contributed by atoms with Gasteiger partial charge < -0.3 is 25.2 Å². The normalized spacial score (nSPS) is 15.8. The fourth-order valence-corrected chi connectivity index (χ4v) is 3.77. The average Bonchev–Trinajstić information content (AvgIpc) is 3.15. The monoisotopic (exact) mass is 505 g/mol. The van der Waals surface area contributed by atoms with E-state index >= 15 is 0 Å². The molecule has 160 valence electrons. The topological polar surface area (TPSA) is 75.1 Å². The average molecular weight is 505 g/mol. The van der Waals surface area contributed by atoms with Gasteiger partial charge in [0.1, 0.15) is 0 Å². The highest BCUT2D eigenvalue weighted by molar-refractivity contribution is 14.0. The zero-order valence-electron chi connectivity index (χ0n) is 17.4. The van der Waals surface area contributed by atoms with Crippen LogP contribution in [0.5, 0.6) is 11.5 Å². The molecule has 1 aromatic carbocycles. The molecule has 1 aromatic rings. The first-order valence-corrected chi connectivity index (χ1v) is 10.00. The quantitative estimate of drug-likeness (QED) is 0.257. The number of nitrogens with one attached hydrogen (secondary N) is 2. The lowest BCUT2D eigenvalue weighted by molar-refractivity contribution is 0.141. The summed E-state index contributed by atoms with van der Waals surface area (Å²) >= 11 is 0. The van der Waals surface area contributed by atoms with E-state index in [1.165, 1.54) is 25.7 Å². The fourth-order valence-electron chi connectivity index (χ4n) is 3.77. The number of hydrogen-bond acceptors (Lipinski definition) is 4. The molecular formula is C21H36IN3O3. The van der Waals surface area contributed by atoms with Crippen molar-refractivity contribution < 1.29 is 14.6 Å². The maximum absolute atomic E-state index is 10.2. The third-order valence-corrected chi connectivity index (χ3v) is 5.41. The van der Waals surface area contributed by atoms with Crippen LogP contribution < -0.4 is 15.4 Å². The zero-order valence-corrected chi connectivity index (χ0v) is 19.8. The number of aliphatic imine (C=N–C) groups is 1. The van der Waals surface area contributed by atoms with Crippen molar-refractivity contribution in [1.29, 1.82) is 0 Å². The summed E-state index contributed by atoms with van der Waals surface area (Å²) in [4.78, 5) is 4.86. The Kier molecular flexibility index (Phi) is 11.6. The summed E-state index contributed by atoms with van der Waals surface area (Å²) in [6.45, 7) is 5.21. The van der Waals surface area contributed by atoms with Crippen molar-refractivity contribution >= 4 is 29.9 Å². The van der Waals surface area contributed by atoms with Crippen molar-refractivity contribution in [3.63, 3.8) is 0 Å². The van der Waals surface area contributed by atoms with Gasteiger partial charge in [-0.3, -0.25) is 4.99 Å². The van der Waals surface area contributed by atoms with Crippen molar-refractivity contribution in [3.8, 4) is 11.5 Å². The van der Waals surface area contributed by atoms with E-state index in [0.29, 0.717) is 18.7 Å². The lowest BCUT2D eigenvalue weighted by atomic mass is 9.83. The van der Waals surface area contributed by atoms with Crippen LogP contribution in [0.2, 0.25) is 0 Å². The number of rotatable bonds is 10. The predicted molar refractivity (Wildman–Crippen MR) is 125 cm³/mol. The molecular weight excluding hydrogens is 469 g/mol. The lowest BCUT2D eigenvalue weighted by Gasteiger charge is -2.27. The molecule has 1 fully saturated rings. The molecule has 3 N–H and O–H groups in total. The molecule has 6 nitrogen and oxygen atoms in total. The van der Waals surface area contributed by atoms with Crippen LogP contribution in [0.25, 0.3) is 0 Å². The highest BCUT2D eigenvalue weighted by atomic mass is 127. The molecule has 0 bridgehead atoms. The first kappa shape index (κ1) is 24.8. The number of halogens is 1. The number of para-hydroxylation sites is 1. The van der Waals surface area contributed by atoms with E-state index < -0.39 is 0 Å². The number of phenols is 1. The van der Waals surface area contributed by atoms with Gasteiger partial charge in [-0.05, 0) is 49.7 Å². The largest absolute Gasteiger partial charge is 0.504 e. The van der Waals surface area contributed by atoms with Gasteiger partial charge in [0.05, 0.1) is 7.11 Å². The van der Waals surface area contributed by atoms with E-state index in [-0.39, 0.29) is 35.1 Å². The Labute approximate surface area is 186 Å². The van der Waals surface area contributed by atoms with Gasteiger partial charge in [0.2, 0.25) is 0 Å². The van der Waals surface area contributed by atoms with Crippen LogP contribution in [0.3, 0.4) is 0 Å². The molecule has 1 saturated carbocycles. The van der Waals surface area contributed by atoms with E-state index in [9.17, 15) is 5.11 Å². The smallest absolute Gasteiger partial charge is 0.191 e. The van der Waals surface area contributed by atoms with Gasteiger partial charge in [-0.1, -0.05) is 25.0 Å². The van der Waals surface area contributed by atoms with E-state index in [0.717, 1.165) is 37.6 Å². The Balaban J connectivity index is 0.00000392. The van der Waals surface area contributed by atoms with E-state index in [1.54, 1.807) is 20.3 Å². The first-order chi connectivity index (χ1) is 13.1. The summed E-state index contributed by atoms with van der Waals surface area (Å²) in [6.07, 6.45) is 6.82. The van der Waals surface area contributed by atoms with Gasteiger partial charge in [-0.15, -0.1) is 24.0 Å². The van der Waals surface area contributed by atoms with Crippen LogP contribution in [0, 0.1) is 5.41 Å². The predicted octanol–water partition coefficient (Wildman–Crippen LogP) is 3.71. The van der Waals surface area contributed by atoms with Crippen LogP contribution in [-0.2, 0) is 11.2 Å². The summed E-state index contributed by atoms with van der Waals surface area (Å²) in [7, 11) is 3.33. The number of guanidine groups is 1. The molecule has 0 atom stereocenters. The van der Waals surface area contributed by atoms with Crippen molar-refractivity contribution in [1.82, 2.24) is 10.6 Å². The number of hydrogen-bond donors (Lipinski definition) is 3. The second-order valence-electron chi connectivity index (χ2n) is 7.29. The summed E-state index contributed by atoms with van der Waals surface area (Å²) in [5.74, 6) is 1.56. The van der Waals surface area contributed by atoms with E-state index in [4.69, 9.17) is 14.5 Å². The maximum Gasteiger partial charge on any atom is 0.191 e. The maximum atomic E-state index is 10.2. The van der Waals surface area contributed by atoms with Crippen LogP contribution >= 0.6 is 24.0 Å². The van der Waals surface area contributed by atoms with Gasteiger partial charge in [-0.2, -0.15) is 0 Å². The van der Waals surface area contributed by atoms with E-state index in [1.807, 2.05) is 12.1 Å². The first-order valence-electron chi connectivity index (χ1n) is 10.00. The Hall–Kier alpha value is -1.22. The molecule has 28 heavy (non-hydrogen) atoms. The van der Waals surface area contributed by atoms with Crippen molar-refractivity contribution in [2.24, 2.45) is 10.4 Å². The highest BCUT2D eigenvalue weighted by Crippen LogP contribution is 2.41. The van der Waals surface area contributed by atoms with Gasteiger partial charge in [0.15, 0.2) is 17.5 Å². The van der Waals surface area contributed by atoms with Gasteiger partial charge >= 0.3 is 0 Å². The summed E-state index contributed by atoms with van der Waals surface area (Å²) in [6, 6.07) is 5.58. The van der Waals surface area contributed by atoms with Crippen molar-refractivity contribution in [2.45, 2.75) is 45.4 Å². The standard InChI is InChI=1S/C21H35N3O3.HI/c1-4-22-20(24-16-21(13-15-26-2)11-5-6-12-21)23-14-10-17-8-7-9-18(27-3)19(17)25;/h7-9,25H,4-6,10-16H2,1-3H3,(H2,22,23,24);1H. The molecule has 0 radical (unpaired) electrons. The molecule has 7 heteroatoms. The number of ether oxygens (including phenoxy) is 2. The summed E-state index contributed by atoms with van der Waals surface area (Å²) in [5.41, 5.74) is 1.15. The molecule has 1 aliphatic rings. The minimum atomic E-state index is 0. The number of aromatic hydroxyl groups is 1. The number of methoxy groups -OCH3 is 2. The summed E-state index contributed by atoms with van der Waals surface area (Å²) < 4.78 is 10.5. The number of nitrogens with zero attached hydrogens (tertiary/aromatic N) is 1. The van der Waals surface area contributed by atoms with Crippen molar-refractivity contribution in [3.05, 3.63) is 23.8 Å². The third-order valence-electron chi connectivity index (χ3n) is 5.41. The molecule has 2 rings (SSSR count). The van der Waals surface area contributed by atoms with Gasteiger partial charge in [0.25, 0.3) is 0 Å². The Morgan fingerprint density at radius 1 is 1.21 bits per heavy atom. The van der Waals surface area contributed by atoms with Gasteiger partial charge in [0, 0.05) is 33.4 Å². The summed E-state index contributed by atoms with van der Waals surface area (Å²) in [5, 5.41) is 16.9. The number of phenolic OH excluding ortho intramolecular Hbond substituents is 1. The Bertz CT molecular complexity index is 605. The molecule has 0 aromatic heterocycles. The van der Waals surface area contributed by atoms with Crippen LogP contribution in [0.4, 0.5) is 0 Å². The second kappa shape index (κ2) is 13.1. The SMILES string of the molecule is CCNC(=NCC1(CCOC)CCCC1)NCCc1cccc(OC)c1O.I. The van der Waals surface area contributed by atoms with E-state index in [2.05, 4.69) is 17.6 Å². The molecule has 0 saturated heterocycles.